The maximum atomic E-state index is 10.7. The van der Waals surface area contributed by atoms with Crippen molar-refractivity contribution in [2.45, 2.75) is 50.5 Å². The predicted octanol–water partition coefficient (Wildman–Crippen LogP) is 3.45. The lowest BCUT2D eigenvalue weighted by atomic mass is 9.98. The molecule has 1 heterocycles. The number of hydrogen-bond donors (Lipinski definition) is 2. The van der Waals surface area contributed by atoms with E-state index < -0.39 is 30.7 Å². The van der Waals surface area contributed by atoms with Crippen LogP contribution in [0.5, 0.6) is 0 Å². The number of aliphatic hydroxyl groups is 2. The number of ether oxygens (including phenoxy) is 4. The molecule has 3 aromatic rings. The van der Waals surface area contributed by atoms with Crippen LogP contribution in [0.25, 0.3) is 0 Å². The van der Waals surface area contributed by atoms with Crippen molar-refractivity contribution < 1.29 is 29.2 Å². The van der Waals surface area contributed by atoms with E-state index in [0.29, 0.717) is 13.2 Å². The van der Waals surface area contributed by atoms with Crippen LogP contribution >= 0.6 is 0 Å². The van der Waals surface area contributed by atoms with Crippen LogP contribution in [0.2, 0.25) is 0 Å². The molecule has 6 heteroatoms. The Hall–Kier alpha value is -2.58. The molecule has 5 atom stereocenters. The minimum Gasteiger partial charge on any atom is -0.385 e. The van der Waals surface area contributed by atoms with Gasteiger partial charge in [0.1, 0.15) is 24.4 Å². The lowest BCUT2D eigenvalue weighted by molar-refractivity contribution is -0.307. The minimum absolute atomic E-state index is 0.184. The molecule has 1 saturated heterocycles. The molecule has 3 aromatic carbocycles. The molecule has 0 amide bonds. The van der Waals surface area contributed by atoms with Gasteiger partial charge in [-0.15, -0.1) is 0 Å². The average molecular weight is 451 g/mol. The van der Waals surface area contributed by atoms with Gasteiger partial charge in [0.2, 0.25) is 0 Å². The molecule has 2 N–H and O–H groups in total. The van der Waals surface area contributed by atoms with E-state index in [1.165, 1.54) is 0 Å². The van der Waals surface area contributed by atoms with Gasteiger partial charge in [-0.3, -0.25) is 0 Å². The Morgan fingerprint density at radius 1 is 0.606 bits per heavy atom. The predicted molar refractivity (Wildman–Crippen MR) is 123 cm³/mol. The fourth-order valence-corrected chi connectivity index (χ4v) is 3.84. The molecule has 1 aliphatic heterocycles. The molecule has 0 radical (unpaired) electrons. The van der Waals surface area contributed by atoms with Gasteiger partial charge in [-0.25, -0.2) is 0 Å². The number of hydrogen-bond acceptors (Lipinski definition) is 6. The Bertz CT molecular complexity index is 937. The van der Waals surface area contributed by atoms with Crippen LogP contribution in [-0.4, -0.2) is 47.5 Å². The van der Waals surface area contributed by atoms with Crippen LogP contribution in [0.4, 0.5) is 0 Å². The van der Waals surface area contributed by atoms with E-state index in [0.717, 1.165) is 16.7 Å². The normalized spacial score (nSPS) is 25.1. The fraction of sp³-hybridized carbons (Fsp3) is 0.333. The molecule has 6 nitrogen and oxygen atoms in total. The van der Waals surface area contributed by atoms with Crippen molar-refractivity contribution in [2.75, 3.05) is 6.61 Å². The van der Waals surface area contributed by atoms with Gasteiger partial charge in [0.15, 0.2) is 6.29 Å². The quantitative estimate of drug-likeness (QED) is 0.493. The zero-order valence-electron chi connectivity index (χ0n) is 18.4. The molecule has 0 bridgehead atoms. The molecule has 33 heavy (non-hydrogen) atoms. The molecular weight excluding hydrogens is 420 g/mol. The van der Waals surface area contributed by atoms with Crippen LogP contribution < -0.4 is 0 Å². The summed E-state index contributed by atoms with van der Waals surface area (Å²) in [6.07, 6.45) is -4.68. The summed E-state index contributed by atoms with van der Waals surface area (Å²) in [5.74, 6) is 0. The standard InChI is InChI=1S/C27H30O6/c28-24-26(32-18-22-14-8-3-9-15-22)25(31-17-21-12-6-2-7-13-21)23(33-27(24)29)19-30-16-20-10-4-1-5-11-20/h1-15,23-29H,16-19H2/t23?,24?,25-,26-,27+/m0/s1. The van der Waals surface area contributed by atoms with E-state index in [9.17, 15) is 10.2 Å². The molecular formula is C27H30O6. The van der Waals surface area contributed by atoms with Gasteiger partial charge in [-0.2, -0.15) is 0 Å². The molecule has 1 fully saturated rings. The SMILES string of the molecule is OC1[C@H](O)OC(COCc2ccccc2)[C@H](OCc2ccccc2)[C@H]1OCc1ccccc1. The topological polar surface area (TPSA) is 77.4 Å². The Morgan fingerprint density at radius 2 is 1.06 bits per heavy atom. The zero-order valence-corrected chi connectivity index (χ0v) is 18.4. The number of rotatable bonds is 10. The Kier molecular flexibility index (Phi) is 8.60. The lowest BCUT2D eigenvalue weighted by Crippen LogP contribution is -2.60. The summed E-state index contributed by atoms with van der Waals surface area (Å²) in [7, 11) is 0. The van der Waals surface area contributed by atoms with E-state index in [-0.39, 0.29) is 13.2 Å². The smallest absolute Gasteiger partial charge is 0.184 e. The van der Waals surface area contributed by atoms with Gasteiger partial charge >= 0.3 is 0 Å². The summed E-state index contributed by atoms with van der Waals surface area (Å²) in [6.45, 7) is 1.18. The Balaban J connectivity index is 1.46. The third-order valence-electron chi connectivity index (χ3n) is 5.60. The minimum atomic E-state index is -1.40. The van der Waals surface area contributed by atoms with E-state index in [4.69, 9.17) is 18.9 Å². The molecule has 2 unspecified atom stereocenters. The molecule has 0 spiro atoms. The maximum Gasteiger partial charge on any atom is 0.184 e. The first kappa shape index (κ1) is 23.6. The summed E-state index contributed by atoms with van der Waals surface area (Å²) >= 11 is 0. The Morgan fingerprint density at radius 3 is 1.58 bits per heavy atom. The second-order valence-electron chi connectivity index (χ2n) is 8.08. The first-order valence-corrected chi connectivity index (χ1v) is 11.1. The fourth-order valence-electron chi connectivity index (χ4n) is 3.84. The lowest BCUT2D eigenvalue weighted by Gasteiger charge is -2.42. The monoisotopic (exact) mass is 450 g/mol. The van der Waals surface area contributed by atoms with Crippen LogP contribution in [0.15, 0.2) is 91.0 Å². The van der Waals surface area contributed by atoms with E-state index in [1.54, 1.807) is 0 Å². The van der Waals surface area contributed by atoms with Gasteiger partial charge in [-0.1, -0.05) is 91.0 Å². The first-order valence-electron chi connectivity index (χ1n) is 11.1. The molecule has 1 aliphatic rings. The van der Waals surface area contributed by atoms with Crippen molar-refractivity contribution in [3.63, 3.8) is 0 Å². The molecule has 4 rings (SSSR count). The molecule has 174 valence electrons. The van der Waals surface area contributed by atoms with Gasteiger partial charge < -0.3 is 29.2 Å². The van der Waals surface area contributed by atoms with Gasteiger partial charge in [-0.05, 0) is 16.7 Å². The van der Waals surface area contributed by atoms with Crippen molar-refractivity contribution in [1.29, 1.82) is 0 Å². The average Bonchev–Trinajstić information content (AvgIpc) is 2.86. The number of benzene rings is 3. The summed E-state index contributed by atoms with van der Waals surface area (Å²) in [5.41, 5.74) is 2.99. The highest BCUT2D eigenvalue weighted by atomic mass is 16.7. The van der Waals surface area contributed by atoms with E-state index >= 15 is 0 Å². The van der Waals surface area contributed by atoms with Crippen molar-refractivity contribution in [1.82, 2.24) is 0 Å². The van der Waals surface area contributed by atoms with E-state index in [2.05, 4.69) is 0 Å². The van der Waals surface area contributed by atoms with Crippen molar-refractivity contribution in [3.05, 3.63) is 108 Å². The highest BCUT2D eigenvalue weighted by Gasteiger charge is 2.46. The first-order chi connectivity index (χ1) is 16.2. The van der Waals surface area contributed by atoms with Gasteiger partial charge in [0, 0.05) is 0 Å². The second kappa shape index (κ2) is 12.0. The summed E-state index contributed by atoms with van der Waals surface area (Å²) < 4.78 is 23.9. The van der Waals surface area contributed by atoms with Crippen molar-refractivity contribution in [3.8, 4) is 0 Å². The highest BCUT2D eigenvalue weighted by Crippen LogP contribution is 2.27. The summed E-state index contributed by atoms with van der Waals surface area (Å²) in [6, 6.07) is 29.3. The van der Waals surface area contributed by atoms with Crippen LogP contribution in [0.1, 0.15) is 16.7 Å². The molecule has 0 aromatic heterocycles. The molecule has 0 saturated carbocycles. The van der Waals surface area contributed by atoms with Crippen molar-refractivity contribution >= 4 is 0 Å². The van der Waals surface area contributed by atoms with E-state index in [1.807, 2.05) is 91.0 Å². The zero-order chi connectivity index (χ0) is 22.9. The third-order valence-corrected chi connectivity index (χ3v) is 5.60. The van der Waals surface area contributed by atoms with Gasteiger partial charge in [0.25, 0.3) is 0 Å². The summed E-state index contributed by atoms with van der Waals surface area (Å²) in [5, 5.41) is 21.1. The van der Waals surface area contributed by atoms with Crippen LogP contribution in [-0.2, 0) is 38.8 Å². The van der Waals surface area contributed by atoms with Crippen molar-refractivity contribution in [2.24, 2.45) is 0 Å². The second-order valence-corrected chi connectivity index (χ2v) is 8.08. The van der Waals surface area contributed by atoms with Crippen LogP contribution in [0, 0.1) is 0 Å². The largest absolute Gasteiger partial charge is 0.385 e. The Labute approximate surface area is 194 Å². The number of aliphatic hydroxyl groups excluding tert-OH is 2. The molecule has 0 aliphatic carbocycles. The summed E-state index contributed by atoms with van der Waals surface area (Å²) in [4.78, 5) is 0. The highest BCUT2D eigenvalue weighted by molar-refractivity contribution is 5.15. The van der Waals surface area contributed by atoms with Crippen LogP contribution in [0.3, 0.4) is 0 Å². The van der Waals surface area contributed by atoms with Gasteiger partial charge in [0.05, 0.1) is 26.4 Å². The maximum absolute atomic E-state index is 10.7. The third kappa shape index (κ3) is 6.71.